The summed E-state index contributed by atoms with van der Waals surface area (Å²) in [4.78, 5) is 2.34. The number of hydrogen-bond donors (Lipinski definition) is 1. The molecule has 1 N–H and O–H groups in total. The third kappa shape index (κ3) is 4.81. The van der Waals surface area contributed by atoms with Crippen molar-refractivity contribution in [3.05, 3.63) is 58.6 Å². The van der Waals surface area contributed by atoms with Crippen LogP contribution >= 0.6 is 15.9 Å². The topological polar surface area (TPSA) is 91.6 Å². The van der Waals surface area contributed by atoms with Gasteiger partial charge in [-0.3, -0.25) is 0 Å². The Labute approximate surface area is 148 Å². The Balaban J connectivity index is 2.10. The monoisotopic (exact) mass is 407 g/mol. The fraction of sp³-hybridized carbons (Fsp3) is 0.125. The highest BCUT2D eigenvalue weighted by Gasteiger charge is 2.12. The smallest absolute Gasteiger partial charge is 0.276 e. The zero-order chi connectivity index (χ0) is 17.6. The van der Waals surface area contributed by atoms with Crippen LogP contribution in [0.5, 0.6) is 5.75 Å². The zero-order valence-electron chi connectivity index (χ0n) is 12.7. The van der Waals surface area contributed by atoms with Crippen LogP contribution in [0.25, 0.3) is 0 Å². The van der Waals surface area contributed by atoms with Crippen LogP contribution in [-0.4, -0.2) is 20.7 Å². The molecule has 2 aromatic rings. The Bertz CT molecular complexity index is 870. The number of rotatable bonds is 6. The number of nitriles is 1. The molecule has 24 heavy (non-hydrogen) atoms. The molecule has 0 bridgehead atoms. The van der Waals surface area contributed by atoms with Crippen molar-refractivity contribution in [2.45, 2.75) is 11.8 Å². The summed E-state index contributed by atoms with van der Waals surface area (Å²) in [6, 6.07) is 15.0. The minimum Gasteiger partial charge on any atom is -0.479 e. The summed E-state index contributed by atoms with van der Waals surface area (Å²) in [5.74, 6) is 0.559. The number of sulfonamides is 1. The first-order valence-corrected chi connectivity index (χ1v) is 9.12. The van der Waals surface area contributed by atoms with Crippen molar-refractivity contribution in [2.24, 2.45) is 5.10 Å². The molecule has 8 heteroatoms. The predicted octanol–water partition coefficient (Wildman–Crippen LogP) is 3.05. The highest BCUT2D eigenvalue weighted by atomic mass is 79.9. The average Bonchev–Trinajstić information content (AvgIpc) is 2.59. The number of nitrogens with zero attached hydrogens (tertiary/aromatic N) is 2. The van der Waals surface area contributed by atoms with Crippen molar-refractivity contribution in [1.82, 2.24) is 4.83 Å². The fourth-order valence-electron chi connectivity index (χ4n) is 1.77. The predicted molar refractivity (Wildman–Crippen MR) is 94.2 cm³/mol. The molecule has 0 atom stereocenters. The number of hydrogen-bond acceptors (Lipinski definition) is 5. The van der Waals surface area contributed by atoms with E-state index in [4.69, 9.17) is 10.00 Å². The van der Waals surface area contributed by atoms with Crippen LogP contribution in [0.3, 0.4) is 0 Å². The largest absolute Gasteiger partial charge is 0.479 e. The van der Waals surface area contributed by atoms with Crippen LogP contribution in [0.1, 0.15) is 12.5 Å². The van der Waals surface area contributed by atoms with E-state index in [-0.39, 0.29) is 11.5 Å². The Morgan fingerprint density at radius 3 is 2.42 bits per heavy atom. The summed E-state index contributed by atoms with van der Waals surface area (Å²) < 4.78 is 30.3. The molecule has 0 heterocycles. The molecule has 0 amide bonds. The van der Waals surface area contributed by atoms with E-state index >= 15 is 0 Å². The minimum atomic E-state index is -3.72. The van der Waals surface area contributed by atoms with E-state index in [9.17, 15) is 8.42 Å². The first-order valence-electron chi connectivity index (χ1n) is 6.84. The van der Waals surface area contributed by atoms with Gasteiger partial charge in [0.05, 0.1) is 10.6 Å². The molecule has 0 saturated carbocycles. The van der Waals surface area contributed by atoms with E-state index in [0.717, 1.165) is 10.0 Å². The van der Waals surface area contributed by atoms with Crippen LogP contribution in [0.2, 0.25) is 0 Å². The lowest BCUT2D eigenvalue weighted by atomic mass is 10.1. The lowest BCUT2D eigenvalue weighted by Gasteiger charge is -2.06. The normalized spacial score (nSPS) is 11.6. The van der Waals surface area contributed by atoms with Crippen molar-refractivity contribution >= 4 is 31.7 Å². The Kier molecular flexibility index (Phi) is 5.95. The van der Waals surface area contributed by atoms with Crippen molar-refractivity contribution in [3.8, 4) is 11.8 Å². The highest BCUT2D eigenvalue weighted by molar-refractivity contribution is 9.10. The molecular formula is C16H14BrN3O3S. The molecule has 124 valence electrons. The third-order valence-electron chi connectivity index (χ3n) is 3.03. The lowest BCUT2D eigenvalue weighted by Crippen LogP contribution is -2.19. The van der Waals surface area contributed by atoms with Crippen molar-refractivity contribution in [2.75, 3.05) is 6.61 Å². The van der Waals surface area contributed by atoms with Gasteiger partial charge in [0.15, 0.2) is 6.61 Å². The SMILES string of the molecule is C/C(=N/NS(=O)(=O)c1ccc(Br)cc1)c1ccc(OCC#N)cc1. The molecule has 0 aliphatic heterocycles. The van der Waals surface area contributed by atoms with E-state index in [1.165, 1.54) is 12.1 Å². The third-order valence-corrected chi connectivity index (χ3v) is 4.79. The van der Waals surface area contributed by atoms with Gasteiger partial charge in [-0.15, -0.1) is 0 Å². The first kappa shape index (κ1) is 18.0. The Hall–Kier alpha value is -2.37. The lowest BCUT2D eigenvalue weighted by molar-refractivity contribution is 0.368. The van der Waals surface area contributed by atoms with E-state index < -0.39 is 10.0 Å². The van der Waals surface area contributed by atoms with Crippen LogP contribution in [0.15, 0.2) is 63.0 Å². The molecule has 2 aromatic carbocycles. The molecule has 0 saturated heterocycles. The zero-order valence-corrected chi connectivity index (χ0v) is 15.1. The quantitative estimate of drug-likeness (QED) is 0.588. The van der Waals surface area contributed by atoms with Gasteiger partial charge in [0, 0.05) is 4.47 Å². The molecule has 2 rings (SSSR count). The van der Waals surface area contributed by atoms with Gasteiger partial charge in [-0.25, -0.2) is 0 Å². The summed E-state index contributed by atoms with van der Waals surface area (Å²) in [6.07, 6.45) is 0. The van der Waals surface area contributed by atoms with E-state index in [1.807, 2.05) is 6.07 Å². The number of benzene rings is 2. The second kappa shape index (κ2) is 7.95. The highest BCUT2D eigenvalue weighted by Crippen LogP contribution is 2.15. The summed E-state index contributed by atoms with van der Waals surface area (Å²) in [5.41, 5.74) is 1.24. The number of ether oxygens (including phenoxy) is 1. The Morgan fingerprint density at radius 1 is 1.21 bits per heavy atom. The van der Waals surface area contributed by atoms with Crippen molar-refractivity contribution in [3.63, 3.8) is 0 Å². The van der Waals surface area contributed by atoms with Gasteiger partial charge in [-0.2, -0.15) is 23.6 Å². The van der Waals surface area contributed by atoms with E-state index in [0.29, 0.717) is 11.5 Å². The summed E-state index contributed by atoms with van der Waals surface area (Å²) >= 11 is 3.26. The van der Waals surface area contributed by atoms with Gasteiger partial charge in [0.25, 0.3) is 10.0 Å². The molecular weight excluding hydrogens is 394 g/mol. The molecule has 0 spiro atoms. The molecule has 0 radical (unpaired) electrons. The standard InChI is InChI=1S/C16H14BrN3O3S/c1-12(13-2-6-15(7-3-13)23-11-10-18)19-20-24(21,22)16-8-4-14(17)5-9-16/h2-9,20H,11H2,1H3/b19-12-. The fourth-order valence-corrected chi connectivity index (χ4v) is 2.89. The van der Waals surface area contributed by atoms with Crippen LogP contribution in [-0.2, 0) is 10.0 Å². The molecule has 0 fully saturated rings. The summed E-state index contributed by atoms with van der Waals surface area (Å²) in [7, 11) is -3.72. The van der Waals surface area contributed by atoms with Gasteiger partial charge in [-0.05, 0) is 61.0 Å². The Morgan fingerprint density at radius 2 is 1.83 bits per heavy atom. The van der Waals surface area contributed by atoms with Gasteiger partial charge >= 0.3 is 0 Å². The average molecular weight is 408 g/mol. The second-order valence-electron chi connectivity index (χ2n) is 4.72. The molecule has 0 aromatic heterocycles. The van der Waals surface area contributed by atoms with Crippen LogP contribution in [0.4, 0.5) is 0 Å². The van der Waals surface area contributed by atoms with Gasteiger partial charge in [0.1, 0.15) is 11.8 Å². The van der Waals surface area contributed by atoms with Gasteiger partial charge in [-0.1, -0.05) is 15.9 Å². The number of hydrazone groups is 1. The molecule has 0 aliphatic carbocycles. The maximum absolute atomic E-state index is 12.2. The van der Waals surface area contributed by atoms with Crippen LogP contribution < -0.4 is 9.57 Å². The van der Waals surface area contributed by atoms with Crippen molar-refractivity contribution in [1.29, 1.82) is 5.26 Å². The number of nitrogens with one attached hydrogen (secondary N) is 1. The number of halogens is 1. The van der Waals surface area contributed by atoms with Gasteiger partial charge < -0.3 is 4.74 Å². The second-order valence-corrected chi connectivity index (χ2v) is 7.29. The van der Waals surface area contributed by atoms with E-state index in [2.05, 4.69) is 25.9 Å². The summed E-state index contributed by atoms with van der Waals surface area (Å²) in [5, 5.41) is 12.4. The first-order chi connectivity index (χ1) is 11.4. The van der Waals surface area contributed by atoms with Crippen LogP contribution in [0, 0.1) is 11.3 Å². The summed E-state index contributed by atoms with van der Waals surface area (Å²) in [6.45, 7) is 1.66. The molecule has 0 unspecified atom stereocenters. The minimum absolute atomic E-state index is 0.0284. The van der Waals surface area contributed by atoms with Gasteiger partial charge in [0.2, 0.25) is 0 Å². The van der Waals surface area contributed by atoms with E-state index in [1.54, 1.807) is 43.3 Å². The maximum atomic E-state index is 12.2. The maximum Gasteiger partial charge on any atom is 0.276 e. The molecule has 6 nitrogen and oxygen atoms in total. The van der Waals surface area contributed by atoms with Crippen molar-refractivity contribution < 1.29 is 13.2 Å². The molecule has 0 aliphatic rings.